The van der Waals surface area contributed by atoms with Gasteiger partial charge in [0.25, 0.3) is 0 Å². The standard InChI is InChI=1S/C14H28Se2/c1-4-6-8-10-12-15-14(3)16-13-11-9-7-5-2/h3-13H2,1-2H3. The normalized spacial score (nSPS) is 10.6. The van der Waals surface area contributed by atoms with Gasteiger partial charge in [-0.1, -0.05) is 0 Å². The predicted octanol–water partition coefficient (Wildman–Crippen LogP) is 4.86. The Hall–Kier alpha value is 0.779. The number of rotatable bonds is 12. The number of hydrogen-bond donors (Lipinski definition) is 0. The van der Waals surface area contributed by atoms with E-state index in [2.05, 4.69) is 20.4 Å². The van der Waals surface area contributed by atoms with Crippen LogP contribution in [0.15, 0.2) is 9.95 Å². The summed E-state index contributed by atoms with van der Waals surface area (Å²) in [6, 6.07) is 0. The summed E-state index contributed by atoms with van der Waals surface area (Å²) < 4.78 is 1.62. The van der Waals surface area contributed by atoms with Crippen molar-refractivity contribution in [3.05, 3.63) is 9.95 Å². The Bertz CT molecular complexity index is 139. The van der Waals surface area contributed by atoms with Crippen molar-refractivity contribution in [1.82, 2.24) is 0 Å². The van der Waals surface area contributed by atoms with Crippen molar-refractivity contribution in [2.24, 2.45) is 0 Å². The van der Waals surface area contributed by atoms with Gasteiger partial charge in [-0.15, -0.1) is 0 Å². The van der Waals surface area contributed by atoms with E-state index in [1.54, 1.807) is 3.37 Å². The second-order valence-electron chi connectivity index (χ2n) is 4.19. The van der Waals surface area contributed by atoms with Gasteiger partial charge < -0.3 is 0 Å². The Labute approximate surface area is 115 Å². The molecule has 0 aromatic carbocycles. The quantitative estimate of drug-likeness (QED) is 0.347. The maximum atomic E-state index is 4.25. The summed E-state index contributed by atoms with van der Waals surface area (Å²) >= 11 is 1.52. The van der Waals surface area contributed by atoms with Crippen molar-refractivity contribution in [3.63, 3.8) is 0 Å². The zero-order valence-electron chi connectivity index (χ0n) is 11.1. The fraction of sp³-hybridized carbons (Fsp3) is 0.857. The summed E-state index contributed by atoms with van der Waals surface area (Å²) in [5.41, 5.74) is 0. The minimum atomic E-state index is 0.762. The molecule has 0 radical (unpaired) electrons. The van der Waals surface area contributed by atoms with Crippen molar-refractivity contribution in [2.75, 3.05) is 0 Å². The van der Waals surface area contributed by atoms with Gasteiger partial charge in [0.2, 0.25) is 0 Å². The van der Waals surface area contributed by atoms with Crippen LogP contribution in [0.25, 0.3) is 0 Å². The third-order valence-electron chi connectivity index (χ3n) is 2.52. The van der Waals surface area contributed by atoms with E-state index in [4.69, 9.17) is 0 Å². The fourth-order valence-corrected chi connectivity index (χ4v) is 6.79. The van der Waals surface area contributed by atoms with Gasteiger partial charge in [-0.25, -0.2) is 0 Å². The second-order valence-corrected chi connectivity index (χ2v) is 10.5. The van der Waals surface area contributed by atoms with Gasteiger partial charge in [0, 0.05) is 0 Å². The molecule has 0 aromatic heterocycles. The maximum absolute atomic E-state index is 4.25. The van der Waals surface area contributed by atoms with Crippen LogP contribution < -0.4 is 0 Å². The van der Waals surface area contributed by atoms with Gasteiger partial charge >= 0.3 is 116 Å². The second kappa shape index (κ2) is 13.8. The van der Waals surface area contributed by atoms with Gasteiger partial charge in [0.05, 0.1) is 0 Å². The van der Waals surface area contributed by atoms with Crippen LogP contribution >= 0.6 is 0 Å². The molecule has 0 spiro atoms. The average molecular weight is 354 g/mol. The molecule has 0 aliphatic carbocycles. The van der Waals surface area contributed by atoms with Crippen LogP contribution in [0.1, 0.15) is 65.2 Å². The van der Waals surface area contributed by atoms with Gasteiger partial charge in [0.1, 0.15) is 0 Å². The molecule has 0 unspecified atom stereocenters. The first-order chi connectivity index (χ1) is 7.81. The summed E-state index contributed by atoms with van der Waals surface area (Å²) in [6.07, 6.45) is 11.3. The van der Waals surface area contributed by atoms with Gasteiger partial charge in [0.15, 0.2) is 0 Å². The molecule has 0 bridgehead atoms. The third-order valence-corrected chi connectivity index (χ3v) is 8.51. The van der Waals surface area contributed by atoms with Crippen LogP contribution in [0, 0.1) is 0 Å². The number of hydrogen-bond acceptors (Lipinski definition) is 0. The minimum absolute atomic E-state index is 0.762. The molecule has 0 aliphatic rings. The van der Waals surface area contributed by atoms with Gasteiger partial charge in [-0.2, -0.15) is 0 Å². The zero-order valence-corrected chi connectivity index (χ0v) is 14.5. The molecule has 0 nitrogen and oxygen atoms in total. The Morgan fingerprint density at radius 3 is 1.56 bits per heavy atom. The van der Waals surface area contributed by atoms with Crippen LogP contribution in [0.4, 0.5) is 0 Å². The van der Waals surface area contributed by atoms with Gasteiger partial charge in [-0.05, 0) is 0 Å². The van der Waals surface area contributed by atoms with E-state index >= 15 is 0 Å². The molecule has 0 rings (SSSR count). The molecule has 16 heavy (non-hydrogen) atoms. The predicted molar refractivity (Wildman–Crippen MR) is 78.5 cm³/mol. The van der Waals surface area contributed by atoms with Crippen molar-refractivity contribution < 1.29 is 0 Å². The molecule has 0 N–H and O–H groups in total. The fourth-order valence-electron chi connectivity index (χ4n) is 1.47. The SMILES string of the molecule is C=C([Se]CCCCCC)[Se]CCCCCC. The number of unbranched alkanes of at least 4 members (excludes halogenated alkanes) is 6. The van der Waals surface area contributed by atoms with E-state index in [0.717, 1.165) is 29.9 Å². The molecule has 0 atom stereocenters. The summed E-state index contributed by atoms with van der Waals surface area (Å²) in [4.78, 5) is 0. The first-order valence-electron chi connectivity index (χ1n) is 6.75. The molecular weight excluding hydrogens is 326 g/mol. The van der Waals surface area contributed by atoms with E-state index in [0.29, 0.717) is 0 Å². The Balaban J connectivity index is 3.12. The molecule has 0 aromatic rings. The molecule has 0 heterocycles. The van der Waals surface area contributed by atoms with Crippen molar-refractivity contribution in [2.45, 2.75) is 75.9 Å². The van der Waals surface area contributed by atoms with Crippen molar-refractivity contribution in [1.29, 1.82) is 0 Å². The van der Waals surface area contributed by atoms with E-state index in [1.165, 1.54) is 62.0 Å². The van der Waals surface area contributed by atoms with E-state index in [-0.39, 0.29) is 0 Å². The van der Waals surface area contributed by atoms with Crippen molar-refractivity contribution >= 4 is 29.9 Å². The van der Waals surface area contributed by atoms with Crippen molar-refractivity contribution in [3.8, 4) is 0 Å². The summed E-state index contributed by atoms with van der Waals surface area (Å²) in [6.45, 7) is 8.81. The van der Waals surface area contributed by atoms with E-state index in [1.807, 2.05) is 0 Å². The molecule has 2 heteroatoms. The summed E-state index contributed by atoms with van der Waals surface area (Å²) in [5.74, 6) is 0. The van der Waals surface area contributed by atoms with Crippen LogP contribution in [0.3, 0.4) is 0 Å². The summed E-state index contributed by atoms with van der Waals surface area (Å²) in [7, 11) is 0. The Morgan fingerprint density at radius 1 is 0.750 bits per heavy atom. The zero-order chi connectivity index (χ0) is 12.1. The van der Waals surface area contributed by atoms with Gasteiger partial charge in [-0.3, -0.25) is 0 Å². The average Bonchev–Trinajstić information content (AvgIpc) is 2.28. The summed E-state index contributed by atoms with van der Waals surface area (Å²) in [5, 5.41) is 2.89. The van der Waals surface area contributed by atoms with E-state index in [9.17, 15) is 0 Å². The molecule has 0 amide bonds. The molecule has 96 valence electrons. The Morgan fingerprint density at radius 2 is 1.19 bits per heavy atom. The van der Waals surface area contributed by atoms with Crippen LogP contribution in [-0.4, -0.2) is 29.9 Å². The van der Waals surface area contributed by atoms with Crippen LogP contribution in [0.5, 0.6) is 0 Å². The van der Waals surface area contributed by atoms with E-state index < -0.39 is 0 Å². The van der Waals surface area contributed by atoms with Crippen LogP contribution in [0.2, 0.25) is 10.6 Å². The third kappa shape index (κ3) is 12.8. The monoisotopic (exact) mass is 356 g/mol. The first kappa shape index (κ1) is 16.8. The molecule has 0 aliphatic heterocycles. The molecule has 0 saturated carbocycles. The first-order valence-corrected chi connectivity index (χ1v) is 10.9. The Kier molecular flexibility index (Phi) is 14.5. The van der Waals surface area contributed by atoms with Crippen LogP contribution in [-0.2, 0) is 0 Å². The topological polar surface area (TPSA) is 0 Å². The molecule has 0 saturated heterocycles. The molecular formula is C14H28Se2. The molecule has 0 fully saturated rings.